The molecule has 2 rings (SSSR count). The van der Waals surface area contributed by atoms with E-state index in [0.29, 0.717) is 22.6 Å². The summed E-state index contributed by atoms with van der Waals surface area (Å²) in [6.45, 7) is 4.81. The summed E-state index contributed by atoms with van der Waals surface area (Å²) < 4.78 is 40.0. The van der Waals surface area contributed by atoms with Gasteiger partial charge in [0.05, 0.1) is 11.4 Å². The Morgan fingerprint density at radius 3 is 2.47 bits per heavy atom. The maximum atomic E-state index is 13.1. The van der Waals surface area contributed by atoms with Crippen LogP contribution in [0.1, 0.15) is 17.0 Å². The molecule has 0 atom stereocenters. The Balaban J connectivity index is 2.39. The fourth-order valence-corrected chi connectivity index (χ4v) is 3.27. The van der Waals surface area contributed by atoms with Crippen molar-refractivity contribution in [3.63, 3.8) is 0 Å². The second kappa shape index (κ2) is 4.65. The van der Waals surface area contributed by atoms with Gasteiger partial charge in [0, 0.05) is 5.69 Å². The summed E-state index contributed by atoms with van der Waals surface area (Å²) in [5.74, 6) is -0.376. The summed E-state index contributed by atoms with van der Waals surface area (Å²) in [6, 6.07) is 4.05. The molecule has 0 amide bonds. The molecule has 0 fully saturated rings. The zero-order valence-electron chi connectivity index (χ0n) is 10.8. The summed E-state index contributed by atoms with van der Waals surface area (Å²) in [4.78, 5) is 0.120. The Morgan fingerprint density at radius 1 is 1.26 bits per heavy atom. The fraction of sp³-hybridized carbons (Fsp3) is 0.250. The van der Waals surface area contributed by atoms with Crippen molar-refractivity contribution in [1.82, 2.24) is 10.2 Å². The van der Waals surface area contributed by atoms with Gasteiger partial charge in [0.1, 0.15) is 10.7 Å². The summed E-state index contributed by atoms with van der Waals surface area (Å²) in [7, 11) is -3.73. The Morgan fingerprint density at radius 2 is 1.95 bits per heavy atom. The molecule has 5 nitrogen and oxygen atoms in total. The minimum absolute atomic E-state index is 0.120. The van der Waals surface area contributed by atoms with E-state index < -0.39 is 10.0 Å². The summed E-state index contributed by atoms with van der Waals surface area (Å²) in [6.07, 6.45) is 0. The molecule has 0 radical (unpaired) electrons. The zero-order valence-corrected chi connectivity index (χ0v) is 11.6. The van der Waals surface area contributed by atoms with E-state index in [1.807, 2.05) is 0 Å². The molecule has 0 spiro atoms. The van der Waals surface area contributed by atoms with Crippen LogP contribution in [0.3, 0.4) is 0 Å². The average molecular weight is 283 g/mol. The van der Waals surface area contributed by atoms with Crippen molar-refractivity contribution >= 4 is 15.7 Å². The molecule has 0 aliphatic carbocycles. The second-order valence-corrected chi connectivity index (χ2v) is 5.95. The molecule has 2 N–H and O–H groups in total. The number of nitrogens with zero attached hydrogens (tertiary/aromatic N) is 1. The van der Waals surface area contributed by atoms with Crippen LogP contribution in [-0.2, 0) is 10.0 Å². The molecule has 0 saturated carbocycles. The standard InChI is InChI=1S/C12H14FN3O2S/c1-7-6-10(4-5-11(7)13)16-19(17,18)12-8(2)14-15-9(12)3/h4-6,16H,1-3H3,(H,14,15). The highest BCUT2D eigenvalue weighted by Crippen LogP contribution is 2.22. The molecule has 2 aromatic rings. The molecule has 1 aromatic carbocycles. The third kappa shape index (κ3) is 2.60. The average Bonchev–Trinajstić information content (AvgIpc) is 2.64. The molecule has 19 heavy (non-hydrogen) atoms. The summed E-state index contributed by atoms with van der Waals surface area (Å²) in [5, 5.41) is 6.47. The van der Waals surface area contributed by atoms with E-state index in [9.17, 15) is 12.8 Å². The minimum atomic E-state index is -3.73. The number of halogens is 1. The van der Waals surface area contributed by atoms with Crippen LogP contribution in [0.2, 0.25) is 0 Å². The predicted octanol–water partition coefficient (Wildman–Crippen LogP) is 2.27. The van der Waals surface area contributed by atoms with E-state index in [4.69, 9.17) is 0 Å². The van der Waals surface area contributed by atoms with E-state index in [2.05, 4.69) is 14.9 Å². The molecule has 0 saturated heterocycles. The lowest BCUT2D eigenvalue weighted by molar-refractivity contribution is 0.599. The first-order chi connectivity index (χ1) is 8.81. The third-order valence-corrected chi connectivity index (χ3v) is 4.38. The topological polar surface area (TPSA) is 74.8 Å². The molecule has 1 heterocycles. The second-order valence-electron chi connectivity index (χ2n) is 4.33. The fourth-order valence-electron chi connectivity index (χ4n) is 1.85. The van der Waals surface area contributed by atoms with Gasteiger partial charge in [-0.05, 0) is 44.5 Å². The number of benzene rings is 1. The quantitative estimate of drug-likeness (QED) is 0.907. The number of rotatable bonds is 3. The van der Waals surface area contributed by atoms with Crippen LogP contribution < -0.4 is 4.72 Å². The lowest BCUT2D eigenvalue weighted by Crippen LogP contribution is -2.14. The van der Waals surface area contributed by atoms with Gasteiger partial charge in [-0.15, -0.1) is 0 Å². The van der Waals surface area contributed by atoms with Gasteiger partial charge in [0.15, 0.2) is 0 Å². The predicted molar refractivity (Wildman–Crippen MR) is 70.0 cm³/mol. The molecular weight excluding hydrogens is 269 g/mol. The number of anilines is 1. The maximum Gasteiger partial charge on any atom is 0.265 e. The van der Waals surface area contributed by atoms with Gasteiger partial charge in [0.25, 0.3) is 10.0 Å². The first-order valence-corrected chi connectivity index (χ1v) is 7.10. The Hall–Kier alpha value is -1.89. The van der Waals surface area contributed by atoms with E-state index in [1.54, 1.807) is 20.8 Å². The largest absolute Gasteiger partial charge is 0.281 e. The molecule has 0 bridgehead atoms. The van der Waals surface area contributed by atoms with Gasteiger partial charge < -0.3 is 0 Å². The molecule has 0 aliphatic rings. The number of nitrogens with one attached hydrogen (secondary N) is 2. The first kappa shape index (κ1) is 13.5. The van der Waals surface area contributed by atoms with Crippen molar-refractivity contribution in [2.45, 2.75) is 25.7 Å². The number of aryl methyl sites for hydroxylation is 3. The van der Waals surface area contributed by atoms with Crippen molar-refractivity contribution < 1.29 is 12.8 Å². The van der Waals surface area contributed by atoms with Crippen LogP contribution >= 0.6 is 0 Å². The van der Waals surface area contributed by atoms with Gasteiger partial charge in [-0.2, -0.15) is 5.10 Å². The van der Waals surface area contributed by atoms with Gasteiger partial charge in [0.2, 0.25) is 0 Å². The van der Waals surface area contributed by atoms with Gasteiger partial charge >= 0.3 is 0 Å². The SMILES string of the molecule is Cc1cc(NS(=O)(=O)c2c(C)n[nH]c2C)ccc1F. The first-order valence-electron chi connectivity index (χ1n) is 5.62. The Kier molecular flexibility index (Phi) is 3.32. The van der Waals surface area contributed by atoms with E-state index in [-0.39, 0.29) is 10.7 Å². The van der Waals surface area contributed by atoms with Crippen LogP contribution in [0.15, 0.2) is 23.1 Å². The zero-order chi connectivity index (χ0) is 14.2. The number of aromatic amines is 1. The lowest BCUT2D eigenvalue weighted by atomic mass is 10.2. The van der Waals surface area contributed by atoms with E-state index in [1.165, 1.54) is 18.2 Å². The van der Waals surface area contributed by atoms with Crippen LogP contribution in [-0.4, -0.2) is 18.6 Å². The molecular formula is C12H14FN3O2S. The molecule has 0 aliphatic heterocycles. The molecule has 7 heteroatoms. The summed E-state index contributed by atoms with van der Waals surface area (Å²) in [5.41, 5.74) is 1.55. The normalized spacial score (nSPS) is 11.6. The monoisotopic (exact) mass is 283 g/mol. The van der Waals surface area contributed by atoms with Crippen LogP contribution in [0.5, 0.6) is 0 Å². The number of hydrogen-bond acceptors (Lipinski definition) is 3. The van der Waals surface area contributed by atoms with Crippen LogP contribution in [0.25, 0.3) is 0 Å². The number of aromatic nitrogens is 2. The van der Waals surface area contributed by atoms with E-state index >= 15 is 0 Å². The molecule has 0 unspecified atom stereocenters. The highest BCUT2D eigenvalue weighted by molar-refractivity contribution is 7.92. The van der Waals surface area contributed by atoms with Crippen molar-refractivity contribution in [2.24, 2.45) is 0 Å². The molecule has 1 aromatic heterocycles. The maximum absolute atomic E-state index is 13.1. The highest BCUT2D eigenvalue weighted by atomic mass is 32.2. The smallest absolute Gasteiger partial charge is 0.265 e. The minimum Gasteiger partial charge on any atom is -0.281 e. The van der Waals surface area contributed by atoms with Crippen molar-refractivity contribution in [2.75, 3.05) is 4.72 Å². The van der Waals surface area contributed by atoms with Gasteiger partial charge in [-0.3, -0.25) is 9.82 Å². The summed E-state index contributed by atoms with van der Waals surface area (Å²) >= 11 is 0. The van der Waals surface area contributed by atoms with E-state index in [0.717, 1.165) is 0 Å². The number of hydrogen-bond donors (Lipinski definition) is 2. The lowest BCUT2D eigenvalue weighted by Gasteiger charge is -2.09. The van der Waals surface area contributed by atoms with Crippen molar-refractivity contribution in [1.29, 1.82) is 0 Å². The number of H-pyrrole nitrogens is 1. The van der Waals surface area contributed by atoms with Crippen molar-refractivity contribution in [3.05, 3.63) is 41.0 Å². The Bertz CT molecular complexity index is 703. The van der Waals surface area contributed by atoms with Gasteiger partial charge in [-0.1, -0.05) is 0 Å². The highest BCUT2D eigenvalue weighted by Gasteiger charge is 2.22. The van der Waals surface area contributed by atoms with Gasteiger partial charge in [-0.25, -0.2) is 12.8 Å². The third-order valence-electron chi connectivity index (χ3n) is 2.74. The Labute approximate surface area is 110 Å². The van der Waals surface area contributed by atoms with Crippen LogP contribution in [0.4, 0.5) is 10.1 Å². The molecule has 102 valence electrons. The van der Waals surface area contributed by atoms with Crippen molar-refractivity contribution in [3.8, 4) is 0 Å². The number of sulfonamides is 1. The van der Waals surface area contributed by atoms with Crippen LogP contribution in [0, 0.1) is 26.6 Å².